The van der Waals surface area contributed by atoms with Gasteiger partial charge in [0.25, 0.3) is 0 Å². The molecule has 0 aliphatic carbocycles. The third kappa shape index (κ3) is 7.80. The fourth-order valence-corrected chi connectivity index (χ4v) is 0.124. The monoisotopic (exact) mass is 159 g/mol. The number of rotatable bonds is 4. The molecule has 0 amide bonds. The summed E-state index contributed by atoms with van der Waals surface area (Å²) in [4.78, 5) is 9.43. The van der Waals surface area contributed by atoms with Crippen LogP contribution >= 0.6 is 0 Å². The average Bonchev–Trinajstić information content (AvgIpc) is 1.96. The van der Waals surface area contributed by atoms with Gasteiger partial charge in [-0.05, 0) is 10.4 Å². The van der Waals surface area contributed by atoms with Crippen molar-refractivity contribution in [3.63, 3.8) is 0 Å². The Morgan fingerprint density at radius 2 is 1.64 bits per heavy atom. The highest BCUT2D eigenvalue weighted by Crippen LogP contribution is 1.83. The minimum absolute atomic E-state index is 1.06. The van der Waals surface area contributed by atoms with E-state index in [9.17, 15) is 10.1 Å². The largest absolute Gasteiger partial charge is 0.337 e. The van der Waals surface area contributed by atoms with Crippen LogP contribution in [0.3, 0.4) is 0 Å². The fourth-order valence-electron chi connectivity index (χ4n) is 0.124. The van der Waals surface area contributed by atoms with Crippen molar-refractivity contribution in [2.45, 2.75) is 0 Å². The van der Waals surface area contributed by atoms with Crippen molar-refractivity contribution in [3.05, 3.63) is 10.1 Å². The van der Waals surface area contributed by atoms with Crippen LogP contribution in [-0.2, 0) is 0 Å². The summed E-state index contributed by atoms with van der Waals surface area (Å²) >= 11 is 0. The summed E-state index contributed by atoms with van der Waals surface area (Å²) in [6.45, 7) is 0. The topological polar surface area (TPSA) is 154 Å². The van der Waals surface area contributed by atoms with Crippen molar-refractivity contribution in [1.82, 2.24) is 0 Å². The highest BCUT2D eigenvalue weighted by Gasteiger charge is 1.82. The molecule has 0 aromatic carbocycles. The standard InChI is InChI=1S/HN9O2/c1-2-3-4-5-6-7-8-9(10)11/h1H. The first-order valence-electron chi connectivity index (χ1n) is 1.99. The predicted molar refractivity (Wildman–Crippen MR) is 26.7 cm³/mol. The summed E-state index contributed by atoms with van der Waals surface area (Å²) in [5.74, 6) is 0. The number of nitrogens with zero attached hydrogens (tertiary/aromatic N) is 8. The molecule has 0 spiro atoms. The molecule has 0 rings (SSSR count). The Morgan fingerprint density at radius 3 is 2.18 bits per heavy atom. The minimum atomic E-state index is -1.06. The van der Waals surface area contributed by atoms with Crippen molar-refractivity contribution < 1.29 is 5.03 Å². The first-order valence-corrected chi connectivity index (χ1v) is 1.99. The molecule has 58 valence electrons. The van der Waals surface area contributed by atoms with Crippen LogP contribution in [-0.4, -0.2) is 5.03 Å². The van der Waals surface area contributed by atoms with Crippen molar-refractivity contribution in [1.29, 1.82) is 5.53 Å². The lowest BCUT2D eigenvalue weighted by atomic mass is 12.4. The van der Waals surface area contributed by atoms with Gasteiger partial charge in [-0.1, -0.05) is 0 Å². The molecule has 0 aliphatic rings. The molecule has 0 unspecified atom stereocenters. The van der Waals surface area contributed by atoms with E-state index in [1.807, 2.05) is 0 Å². The van der Waals surface area contributed by atoms with Gasteiger partial charge in [0.15, 0.2) is 0 Å². The molecule has 0 radical (unpaired) electrons. The van der Waals surface area contributed by atoms with Crippen LogP contribution in [0.2, 0.25) is 0 Å². The zero-order valence-electron chi connectivity index (χ0n) is 4.89. The maximum atomic E-state index is 9.43. The molecule has 11 heavy (non-hydrogen) atoms. The van der Waals surface area contributed by atoms with E-state index in [2.05, 4.69) is 36.6 Å². The van der Waals surface area contributed by atoms with Crippen LogP contribution in [0.1, 0.15) is 0 Å². The van der Waals surface area contributed by atoms with Crippen LogP contribution in [0.4, 0.5) is 0 Å². The molecule has 0 atom stereocenters. The molecule has 0 aromatic heterocycles. The lowest BCUT2D eigenvalue weighted by Gasteiger charge is -1.70. The highest BCUT2D eigenvalue weighted by molar-refractivity contribution is 4.06. The normalized spacial score (nSPS) is 11.6. The lowest BCUT2D eigenvalue weighted by molar-refractivity contribution is -0.494. The zero-order chi connectivity index (χ0) is 8.53. The molecule has 0 heterocycles. The van der Waals surface area contributed by atoms with Gasteiger partial charge in [-0.2, -0.15) is 5.53 Å². The summed E-state index contributed by atoms with van der Waals surface area (Å²) in [6, 6.07) is 0. The first kappa shape index (κ1) is 8.80. The van der Waals surface area contributed by atoms with E-state index >= 15 is 0 Å². The van der Waals surface area contributed by atoms with Gasteiger partial charge in [-0.15, -0.1) is 0 Å². The SMILES string of the molecule is N=NN=NN=NN=N[N+](=O)[O-]. The van der Waals surface area contributed by atoms with Gasteiger partial charge < -0.3 is 10.1 Å². The van der Waals surface area contributed by atoms with Gasteiger partial charge in [0.1, 0.15) is 5.22 Å². The van der Waals surface area contributed by atoms with E-state index in [0.29, 0.717) is 0 Å². The van der Waals surface area contributed by atoms with E-state index in [1.54, 1.807) is 0 Å². The Morgan fingerprint density at radius 1 is 1.09 bits per heavy atom. The molecule has 11 heteroatoms. The third-order valence-corrected chi connectivity index (χ3v) is 0.318. The molecule has 1 N–H and O–H groups in total. The van der Waals surface area contributed by atoms with Gasteiger partial charge in [0.05, 0.1) is 5.03 Å². The zero-order valence-corrected chi connectivity index (χ0v) is 4.89. The Kier molecular flexibility index (Phi) is 4.74. The van der Waals surface area contributed by atoms with E-state index in [-0.39, 0.29) is 0 Å². The van der Waals surface area contributed by atoms with Gasteiger partial charge >= 0.3 is 0 Å². The molecule has 0 bridgehead atoms. The molecule has 0 saturated heterocycles. The molecular weight excluding hydrogens is 158 g/mol. The van der Waals surface area contributed by atoms with Crippen LogP contribution in [0.15, 0.2) is 36.6 Å². The van der Waals surface area contributed by atoms with Gasteiger partial charge in [-0.25, -0.2) is 0 Å². The number of hydrogen-bond acceptors (Lipinski definition) is 3. The van der Waals surface area contributed by atoms with Gasteiger partial charge in [0.2, 0.25) is 10.4 Å². The van der Waals surface area contributed by atoms with E-state index in [4.69, 9.17) is 5.53 Å². The lowest BCUT2D eigenvalue weighted by Crippen LogP contribution is -1.79. The summed E-state index contributed by atoms with van der Waals surface area (Å²) < 4.78 is 0. The minimum Gasteiger partial charge on any atom is -0.337 e. The molecule has 0 aliphatic heterocycles. The third-order valence-electron chi connectivity index (χ3n) is 0.318. The highest BCUT2D eigenvalue weighted by atomic mass is 16.7. The van der Waals surface area contributed by atoms with Gasteiger partial charge in [0, 0.05) is 10.4 Å². The number of hydrogen-bond donors (Lipinski definition) is 1. The summed E-state index contributed by atoms with van der Waals surface area (Å²) in [5.41, 5.74) is 6.05. The van der Waals surface area contributed by atoms with Crippen LogP contribution < -0.4 is 0 Å². The summed E-state index contributed by atoms with van der Waals surface area (Å²) in [5, 5.41) is 26.5. The van der Waals surface area contributed by atoms with Crippen molar-refractivity contribution in [2.75, 3.05) is 0 Å². The number of nitro groups is 1. The Labute approximate surface area is 58.5 Å². The quantitative estimate of drug-likeness (QED) is 0.373. The van der Waals surface area contributed by atoms with Crippen LogP contribution in [0, 0.1) is 15.6 Å². The van der Waals surface area contributed by atoms with Crippen molar-refractivity contribution in [3.8, 4) is 0 Å². The van der Waals surface area contributed by atoms with Crippen molar-refractivity contribution >= 4 is 0 Å². The van der Waals surface area contributed by atoms with Crippen molar-refractivity contribution in [2.24, 2.45) is 36.6 Å². The average molecular weight is 159 g/mol. The molecule has 0 saturated carbocycles. The van der Waals surface area contributed by atoms with Crippen LogP contribution in [0.25, 0.3) is 0 Å². The predicted octanol–water partition coefficient (Wildman–Crippen LogP) is 1.31. The Bertz CT molecular complexity index is 210. The van der Waals surface area contributed by atoms with Gasteiger partial charge in [-0.3, -0.25) is 0 Å². The number of nitrogens with one attached hydrogen (secondary N) is 1. The molecular formula is HN9O2. The van der Waals surface area contributed by atoms with E-state index in [0.717, 1.165) is 0 Å². The molecule has 0 aromatic rings. The second-order valence-corrected chi connectivity index (χ2v) is 0.874. The smallest absolute Gasteiger partial charge is 0.230 e. The maximum absolute atomic E-state index is 9.43. The first-order chi connectivity index (χ1) is 5.27. The Hall–Kier alpha value is -2.20. The summed E-state index contributed by atoms with van der Waals surface area (Å²) in [7, 11) is 0. The molecule has 0 fully saturated rings. The Balaban J connectivity index is 3.68. The second kappa shape index (κ2) is 5.93. The molecule has 11 nitrogen and oxygen atoms in total. The fraction of sp³-hybridized carbons (Fsp3) is 0. The maximum Gasteiger partial charge on any atom is 0.230 e. The van der Waals surface area contributed by atoms with E-state index in [1.165, 1.54) is 0 Å². The summed E-state index contributed by atoms with van der Waals surface area (Å²) in [6.07, 6.45) is 0. The second-order valence-electron chi connectivity index (χ2n) is 0.874. The van der Waals surface area contributed by atoms with Crippen LogP contribution in [0.5, 0.6) is 0 Å². The van der Waals surface area contributed by atoms with E-state index < -0.39 is 5.03 Å².